The van der Waals surface area contributed by atoms with Gasteiger partial charge in [0.1, 0.15) is 5.75 Å². The zero-order valence-corrected chi connectivity index (χ0v) is 13.7. The van der Waals surface area contributed by atoms with Crippen LogP contribution in [0.5, 0.6) is 5.75 Å². The Kier molecular flexibility index (Phi) is 6.52. The summed E-state index contributed by atoms with van der Waals surface area (Å²) in [6, 6.07) is 8.06. The summed E-state index contributed by atoms with van der Waals surface area (Å²) in [6.45, 7) is 10.1. The third-order valence-corrected chi connectivity index (χ3v) is 3.99. The van der Waals surface area contributed by atoms with E-state index in [4.69, 9.17) is 4.74 Å². The molecule has 0 atom stereocenters. The molecule has 0 aliphatic carbocycles. The largest absolute Gasteiger partial charge is 0.494 e. The number of carbonyl (C=O) groups excluding carboxylic acids is 1. The predicted octanol–water partition coefficient (Wildman–Crippen LogP) is 2.11. The van der Waals surface area contributed by atoms with Crippen molar-refractivity contribution in [2.45, 2.75) is 20.3 Å². The lowest BCUT2D eigenvalue weighted by atomic mass is 10.2. The van der Waals surface area contributed by atoms with Crippen LogP contribution < -0.4 is 10.1 Å². The third kappa shape index (κ3) is 5.22. The molecule has 1 aliphatic rings. The monoisotopic (exact) mass is 305 g/mol. The standard InChI is InChI=1S/C17H27N3O2/c1-3-19-10-12-20(13-11-19)17(21)18-9-4-14-22-16-7-5-15(2)6-8-16/h5-8H,3-4,9-14H2,1-2H3,(H,18,21). The minimum Gasteiger partial charge on any atom is -0.494 e. The number of ether oxygens (including phenoxy) is 1. The molecular formula is C17H27N3O2. The fourth-order valence-corrected chi connectivity index (χ4v) is 2.47. The molecule has 1 fully saturated rings. The summed E-state index contributed by atoms with van der Waals surface area (Å²) in [7, 11) is 0. The molecule has 0 saturated carbocycles. The third-order valence-electron chi connectivity index (χ3n) is 3.99. The Labute approximate surface area is 133 Å². The number of amides is 2. The highest BCUT2D eigenvalue weighted by atomic mass is 16.5. The van der Waals surface area contributed by atoms with Gasteiger partial charge in [0, 0.05) is 32.7 Å². The topological polar surface area (TPSA) is 44.8 Å². The molecule has 1 heterocycles. The van der Waals surface area contributed by atoms with E-state index in [0.29, 0.717) is 13.2 Å². The van der Waals surface area contributed by atoms with Crippen LogP contribution in [0.2, 0.25) is 0 Å². The van der Waals surface area contributed by atoms with E-state index in [9.17, 15) is 4.79 Å². The molecule has 2 amide bonds. The van der Waals surface area contributed by atoms with Gasteiger partial charge in [-0.1, -0.05) is 24.6 Å². The number of aryl methyl sites for hydroxylation is 1. The minimum absolute atomic E-state index is 0.0473. The molecule has 22 heavy (non-hydrogen) atoms. The fourth-order valence-electron chi connectivity index (χ4n) is 2.47. The minimum atomic E-state index is 0.0473. The second-order valence-electron chi connectivity index (χ2n) is 5.67. The number of rotatable bonds is 6. The molecular weight excluding hydrogens is 278 g/mol. The highest BCUT2D eigenvalue weighted by molar-refractivity contribution is 5.74. The highest BCUT2D eigenvalue weighted by Gasteiger charge is 2.19. The molecule has 0 aromatic heterocycles. The van der Waals surface area contributed by atoms with E-state index in [1.165, 1.54) is 5.56 Å². The Morgan fingerprint density at radius 2 is 1.86 bits per heavy atom. The molecule has 0 unspecified atom stereocenters. The van der Waals surface area contributed by atoms with E-state index in [-0.39, 0.29) is 6.03 Å². The molecule has 1 aromatic rings. The Morgan fingerprint density at radius 3 is 2.50 bits per heavy atom. The zero-order valence-electron chi connectivity index (χ0n) is 13.7. The fraction of sp³-hybridized carbons (Fsp3) is 0.588. The number of carbonyl (C=O) groups is 1. The van der Waals surface area contributed by atoms with Gasteiger partial charge in [-0.2, -0.15) is 0 Å². The highest BCUT2D eigenvalue weighted by Crippen LogP contribution is 2.11. The lowest BCUT2D eigenvalue weighted by Crippen LogP contribution is -2.51. The van der Waals surface area contributed by atoms with E-state index < -0.39 is 0 Å². The van der Waals surface area contributed by atoms with Crippen molar-refractivity contribution in [2.24, 2.45) is 0 Å². The second kappa shape index (κ2) is 8.63. The van der Waals surface area contributed by atoms with Crippen LogP contribution in [0.1, 0.15) is 18.9 Å². The second-order valence-corrected chi connectivity index (χ2v) is 5.67. The molecule has 5 nitrogen and oxygen atoms in total. The molecule has 2 rings (SSSR count). The van der Waals surface area contributed by atoms with Gasteiger partial charge in [0.15, 0.2) is 0 Å². The zero-order chi connectivity index (χ0) is 15.8. The van der Waals surface area contributed by atoms with Crippen molar-refractivity contribution in [2.75, 3.05) is 45.9 Å². The van der Waals surface area contributed by atoms with Crippen LogP contribution in [0.25, 0.3) is 0 Å². The number of nitrogens with zero attached hydrogens (tertiary/aromatic N) is 2. The van der Waals surface area contributed by atoms with Gasteiger partial charge in [-0.3, -0.25) is 0 Å². The predicted molar refractivity (Wildman–Crippen MR) is 88.4 cm³/mol. The molecule has 1 saturated heterocycles. The Bertz CT molecular complexity index is 453. The van der Waals surface area contributed by atoms with Crippen LogP contribution in [-0.4, -0.2) is 61.7 Å². The molecule has 5 heteroatoms. The first-order valence-electron chi connectivity index (χ1n) is 8.13. The maximum Gasteiger partial charge on any atom is 0.317 e. The first kappa shape index (κ1) is 16.6. The van der Waals surface area contributed by atoms with Gasteiger partial charge in [-0.15, -0.1) is 0 Å². The molecule has 0 bridgehead atoms. The van der Waals surface area contributed by atoms with Gasteiger partial charge >= 0.3 is 6.03 Å². The summed E-state index contributed by atoms with van der Waals surface area (Å²) in [5.74, 6) is 0.882. The maximum atomic E-state index is 12.0. The average molecular weight is 305 g/mol. The molecule has 1 aliphatic heterocycles. The summed E-state index contributed by atoms with van der Waals surface area (Å²) in [4.78, 5) is 16.3. The maximum absolute atomic E-state index is 12.0. The van der Waals surface area contributed by atoms with Crippen molar-refractivity contribution in [3.63, 3.8) is 0 Å². The quantitative estimate of drug-likeness (QED) is 0.819. The van der Waals surface area contributed by atoms with Gasteiger partial charge in [-0.25, -0.2) is 4.79 Å². The van der Waals surface area contributed by atoms with E-state index in [0.717, 1.165) is 44.9 Å². The first-order chi connectivity index (χ1) is 10.7. The van der Waals surface area contributed by atoms with Crippen LogP contribution in [0, 0.1) is 6.92 Å². The first-order valence-corrected chi connectivity index (χ1v) is 8.13. The summed E-state index contributed by atoms with van der Waals surface area (Å²) >= 11 is 0. The van der Waals surface area contributed by atoms with Crippen molar-refractivity contribution in [1.82, 2.24) is 15.1 Å². The van der Waals surface area contributed by atoms with Gasteiger partial charge < -0.3 is 19.9 Å². The number of piperazine rings is 1. The van der Waals surface area contributed by atoms with E-state index >= 15 is 0 Å². The van der Waals surface area contributed by atoms with Crippen molar-refractivity contribution in [3.8, 4) is 5.75 Å². The van der Waals surface area contributed by atoms with Gasteiger partial charge in [-0.05, 0) is 32.0 Å². The van der Waals surface area contributed by atoms with Crippen molar-refractivity contribution >= 4 is 6.03 Å². The summed E-state index contributed by atoms with van der Waals surface area (Å²) in [5.41, 5.74) is 1.22. The van der Waals surface area contributed by atoms with E-state index in [1.807, 2.05) is 29.2 Å². The number of urea groups is 1. The molecule has 0 radical (unpaired) electrons. The van der Waals surface area contributed by atoms with Gasteiger partial charge in [0.25, 0.3) is 0 Å². The van der Waals surface area contributed by atoms with Crippen molar-refractivity contribution in [1.29, 1.82) is 0 Å². The number of likely N-dealkylation sites (N-methyl/N-ethyl adjacent to an activating group) is 1. The number of hydrogen-bond donors (Lipinski definition) is 1. The molecule has 122 valence electrons. The summed E-state index contributed by atoms with van der Waals surface area (Å²) in [5, 5.41) is 2.97. The lowest BCUT2D eigenvalue weighted by molar-refractivity contribution is 0.142. The van der Waals surface area contributed by atoms with Crippen LogP contribution in [0.3, 0.4) is 0 Å². The number of benzene rings is 1. The number of hydrogen-bond acceptors (Lipinski definition) is 3. The molecule has 1 N–H and O–H groups in total. The van der Waals surface area contributed by atoms with Crippen molar-refractivity contribution in [3.05, 3.63) is 29.8 Å². The van der Waals surface area contributed by atoms with Gasteiger partial charge in [0.2, 0.25) is 0 Å². The summed E-state index contributed by atoms with van der Waals surface area (Å²) < 4.78 is 5.65. The molecule has 0 spiro atoms. The van der Waals surface area contributed by atoms with Crippen molar-refractivity contribution < 1.29 is 9.53 Å². The van der Waals surface area contributed by atoms with Crippen LogP contribution >= 0.6 is 0 Å². The van der Waals surface area contributed by atoms with Crippen LogP contribution in [-0.2, 0) is 0 Å². The van der Waals surface area contributed by atoms with Gasteiger partial charge in [0.05, 0.1) is 6.61 Å². The average Bonchev–Trinajstić information content (AvgIpc) is 2.56. The van der Waals surface area contributed by atoms with E-state index in [2.05, 4.69) is 24.1 Å². The smallest absolute Gasteiger partial charge is 0.317 e. The van der Waals surface area contributed by atoms with Crippen LogP contribution in [0.4, 0.5) is 4.79 Å². The molecule has 1 aromatic carbocycles. The SMILES string of the molecule is CCN1CCN(C(=O)NCCCOc2ccc(C)cc2)CC1. The number of nitrogens with one attached hydrogen (secondary N) is 1. The van der Waals surface area contributed by atoms with E-state index in [1.54, 1.807) is 0 Å². The Hall–Kier alpha value is -1.75. The Balaban J connectivity index is 1.56. The lowest BCUT2D eigenvalue weighted by Gasteiger charge is -2.34. The Morgan fingerprint density at radius 1 is 1.18 bits per heavy atom. The normalized spacial score (nSPS) is 15.6. The summed E-state index contributed by atoms with van der Waals surface area (Å²) in [6.07, 6.45) is 0.814. The van der Waals surface area contributed by atoms with Crippen LogP contribution in [0.15, 0.2) is 24.3 Å².